The molecule has 0 aromatic heterocycles. The average molecular weight is 290 g/mol. The molecule has 1 atom stereocenters. The van der Waals surface area contributed by atoms with E-state index >= 15 is 0 Å². The van der Waals surface area contributed by atoms with E-state index in [1.54, 1.807) is 0 Å². The van der Waals surface area contributed by atoms with Crippen molar-refractivity contribution in [1.82, 2.24) is 0 Å². The van der Waals surface area contributed by atoms with E-state index in [0.29, 0.717) is 5.25 Å². The molecule has 1 heteroatoms. The molecule has 3 rings (SSSR count). The van der Waals surface area contributed by atoms with Crippen molar-refractivity contribution in [3.05, 3.63) is 96.6 Å². The zero-order chi connectivity index (χ0) is 14.5. The fourth-order valence-electron chi connectivity index (χ4n) is 2.64. The maximum atomic E-state index is 3.86. The number of thioether (sulfide) groups is 1. The zero-order valence-electron chi connectivity index (χ0n) is 11.9. The summed E-state index contributed by atoms with van der Waals surface area (Å²) in [6.45, 7) is 3.86. The van der Waals surface area contributed by atoms with Gasteiger partial charge in [-0.25, -0.2) is 0 Å². The first-order valence-corrected chi connectivity index (χ1v) is 8.20. The fourth-order valence-corrected chi connectivity index (χ4v) is 3.70. The molecule has 0 aliphatic heterocycles. The second kappa shape index (κ2) is 6.64. The first-order valence-electron chi connectivity index (χ1n) is 7.15. The molecule has 1 unspecified atom stereocenters. The summed E-state index contributed by atoms with van der Waals surface area (Å²) in [4.78, 5) is 0. The molecule has 0 radical (unpaired) electrons. The van der Waals surface area contributed by atoms with Gasteiger partial charge >= 0.3 is 0 Å². The fraction of sp³-hybridized carbons (Fsp3) is 0.100. The van der Waals surface area contributed by atoms with Crippen molar-refractivity contribution in [1.29, 1.82) is 0 Å². The highest BCUT2D eigenvalue weighted by molar-refractivity contribution is 7.99. The third-order valence-electron chi connectivity index (χ3n) is 3.59. The van der Waals surface area contributed by atoms with Gasteiger partial charge < -0.3 is 0 Å². The van der Waals surface area contributed by atoms with Gasteiger partial charge in [0.05, 0.1) is 5.25 Å². The number of rotatable bonds is 5. The Balaban J connectivity index is 2.12. The molecule has 21 heavy (non-hydrogen) atoms. The number of hydrogen-bond acceptors (Lipinski definition) is 1. The Kier molecular flexibility index (Phi) is 4.42. The standard InChI is InChI=1S/C20H18S/c1-2-15-21-20(17-10-4-3-5-11-17)19-14-8-12-16-9-6-7-13-18(16)19/h2-14,20H,1,15H2. The molecule has 0 heterocycles. The molecule has 0 saturated heterocycles. The highest BCUT2D eigenvalue weighted by Crippen LogP contribution is 2.38. The molecule has 0 N–H and O–H groups in total. The van der Waals surface area contributed by atoms with E-state index in [2.05, 4.69) is 79.4 Å². The summed E-state index contributed by atoms with van der Waals surface area (Å²) >= 11 is 1.92. The quantitative estimate of drug-likeness (QED) is 0.531. The minimum absolute atomic E-state index is 0.343. The van der Waals surface area contributed by atoms with Gasteiger partial charge in [0, 0.05) is 5.75 Å². The summed E-state index contributed by atoms with van der Waals surface area (Å²) < 4.78 is 0. The van der Waals surface area contributed by atoms with Crippen LogP contribution in [-0.4, -0.2) is 5.75 Å². The first kappa shape index (κ1) is 14.0. The molecule has 0 aliphatic rings. The van der Waals surface area contributed by atoms with Gasteiger partial charge in [-0.15, -0.1) is 18.3 Å². The van der Waals surface area contributed by atoms with Crippen molar-refractivity contribution in [2.45, 2.75) is 5.25 Å². The number of benzene rings is 3. The van der Waals surface area contributed by atoms with E-state index in [-0.39, 0.29) is 0 Å². The highest BCUT2D eigenvalue weighted by Gasteiger charge is 2.16. The van der Waals surface area contributed by atoms with Crippen molar-refractivity contribution in [3.8, 4) is 0 Å². The monoisotopic (exact) mass is 290 g/mol. The minimum atomic E-state index is 0.343. The smallest absolute Gasteiger partial charge is 0.0555 e. The summed E-state index contributed by atoms with van der Waals surface area (Å²) in [7, 11) is 0. The Morgan fingerprint density at radius 1 is 0.857 bits per heavy atom. The van der Waals surface area contributed by atoms with Gasteiger partial charge in [0.1, 0.15) is 0 Å². The third kappa shape index (κ3) is 3.03. The summed E-state index contributed by atoms with van der Waals surface area (Å²) in [5.74, 6) is 0.947. The molecule has 0 amide bonds. The first-order chi connectivity index (χ1) is 10.4. The molecule has 0 saturated carbocycles. The van der Waals surface area contributed by atoms with Crippen molar-refractivity contribution < 1.29 is 0 Å². The SMILES string of the molecule is C=CCSC(c1ccccc1)c1cccc2ccccc12. The van der Waals surface area contributed by atoms with Gasteiger partial charge in [-0.1, -0.05) is 78.9 Å². The Labute approximate surface area is 130 Å². The Morgan fingerprint density at radius 2 is 1.57 bits per heavy atom. The molecular formula is C20H18S. The van der Waals surface area contributed by atoms with Gasteiger partial charge in [-0.2, -0.15) is 0 Å². The van der Waals surface area contributed by atoms with E-state index in [1.807, 2.05) is 17.8 Å². The third-order valence-corrected chi connectivity index (χ3v) is 4.88. The predicted molar refractivity (Wildman–Crippen MR) is 94.9 cm³/mol. The molecule has 104 valence electrons. The van der Waals surface area contributed by atoms with Gasteiger partial charge in [-0.3, -0.25) is 0 Å². The average Bonchev–Trinajstić information content (AvgIpc) is 2.56. The second-order valence-electron chi connectivity index (χ2n) is 4.98. The van der Waals surface area contributed by atoms with Crippen LogP contribution in [-0.2, 0) is 0 Å². The summed E-state index contributed by atoms with van der Waals surface area (Å²) in [6, 6.07) is 25.9. The van der Waals surface area contributed by atoms with Crippen LogP contribution >= 0.6 is 11.8 Å². The summed E-state index contributed by atoms with van der Waals surface area (Å²) in [5.41, 5.74) is 2.73. The van der Waals surface area contributed by atoms with Gasteiger partial charge in [0.2, 0.25) is 0 Å². The van der Waals surface area contributed by atoms with Crippen molar-refractivity contribution >= 4 is 22.5 Å². The predicted octanol–water partition coefficient (Wildman–Crippen LogP) is 5.85. The van der Waals surface area contributed by atoms with Gasteiger partial charge in [-0.05, 0) is 21.9 Å². The Bertz CT molecular complexity index is 726. The molecule has 0 nitrogen and oxygen atoms in total. The lowest BCUT2D eigenvalue weighted by Gasteiger charge is -2.19. The summed E-state index contributed by atoms with van der Waals surface area (Å²) in [5, 5.41) is 2.98. The van der Waals surface area contributed by atoms with Gasteiger partial charge in [0.25, 0.3) is 0 Å². The topological polar surface area (TPSA) is 0 Å². The number of hydrogen-bond donors (Lipinski definition) is 0. The van der Waals surface area contributed by atoms with Crippen LogP contribution in [0.1, 0.15) is 16.4 Å². The van der Waals surface area contributed by atoms with E-state index < -0.39 is 0 Å². The second-order valence-corrected chi connectivity index (χ2v) is 6.12. The maximum absolute atomic E-state index is 3.86. The van der Waals surface area contributed by atoms with Crippen LogP contribution in [0.15, 0.2) is 85.5 Å². The molecule has 0 aliphatic carbocycles. The zero-order valence-corrected chi connectivity index (χ0v) is 12.7. The van der Waals surface area contributed by atoms with E-state index in [1.165, 1.54) is 21.9 Å². The number of fused-ring (bicyclic) bond motifs is 1. The summed E-state index contributed by atoms with van der Waals surface area (Å²) in [6.07, 6.45) is 1.98. The molecule has 0 bridgehead atoms. The van der Waals surface area contributed by atoms with Crippen LogP contribution in [0, 0.1) is 0 Å². The van der Waals surface area contributed by atoms with Gasteiger partial charge in [0.15, 0.2) is 0 Å². The minimum Gasteiger partial charge on any atom is -0.145 e. The lowest BCUT2D eigenvalue weighted by atomic mass is 9.98. The van der Waals surface area contributed by atoms with Crippen LogP contribution in [0.2, 0.25) is 0 Å². The van der Waals surface area contributed by atoms with E-state index in [9.17, 15) is 0 Å². The molecule has 3 aromatic rings. The van der Waals surface area contributed by atoms with Crippen molar-refractivity contribution in [3.63, 3.8) is 0 Å². The Hall–Kier alpha value is -1.99. The normalized spacial score (nSPS) is 12.2. The molecule has 0 fully saturated rings. The van der Waals surface area contributed by atoms with Crippen LogP contribution in [0.5, 0.6) is 0 Å². The van der Waals surface area contributed by atoms with E-state index in [4.69, 9.17) is 0 Å². The Morgan fingerprint density at radius 3 is 2.38 bits per heavy atom. The highest BCUT2D eigenvalue weighted by atomic mass is 32.2. The largest absolute Gasteiger partial charge is 0.145 e. The van der Waals surface area contributed by atoms with Crippen LogP contribution in [0.4, 0.5) is 0 Å². The molecular weight excluding hydrogens is 272 g/mol. The molecule has 3 aromatic carbocycles. The van der Waals surface area contributed by atoms with Crippen LogP contribution in [0.3, 0.4) is 0 Å². The van der Waals surface area contributed by atoms with Crippen molar-refractivity contribution in [2.75, 3.05) is 5.75 Å². The molecule has 0 spiro atoms. The van der Waals surface area contributed by atoms with Crippen molar-refractivity contribution in [2.24, 2.45) is 0 Å². The van der Waals surface area contributed by atoms with Crippen LogP contribution in [0.25, 0.3) is 10.8 Å². The van der Waals surface area contributed by atoms with Crippen LogP contribution < -0.4 is 0 Å². The lowest BCUT2D eigenvalue weighted by Crippen LogP contribution is -1.98. The van der Waals surface area contributed by atoms with E-state index in [0.717, 1.165) is 5.75 Å². The lowest BCUT2D eigenvalue weighted by molar-refractivity contribution is 1.17. The maximum Gasteiger partial charge on any atom is 0.0555 e.